The summed E-state index contributed by atoms with van der Waals surface area (Å²) in [5, 5.41) is 2.56. The molecule has 8 heteroatoms. The van der Waals surface area contributed by atoms with Crippen LogP contribution in [0.3, 0.4) is 0 Å². The van der Waals surface area contributed by atoms with Crippen molar-refractivity contribution in [1.29, 1.82) is 0 Å². The van der Waals surface area contributed by atoms with E-state index in [0.717, 1.165) is 18.4 Å². The molecule has 0 heterocycles. The highest BCUT2D eigenvalue weighted by molar-refractivity contribution is 9.10. The Morgan fingerprint density at radius 1 is 1.03 bits per heavy atom. The van der Waals surface area contributed by atoms with Crippen molar-refractivity contribution in [2.24, 2.45) is 0 Å². The monoisotopic (exact) mass is 505 g/mol. The molecule has 0 aliphatic heterocycles. The number of aryl methyl sites for hydroxylation is 1. The molecule has 0 atom stereocenters. The van der Waals surface area contributed by atoms with Gasteiger partial charge in [0.25, 0.3) is 5.91 Å². The minimum atomic E-state index is -0.383. The molecule has 0 aliphatic carbocycles. The zero-order chi connectivity index (χ0) is 22.5. The first kappa shape index (κ1) is 24.8. The van der Waals surface area contributed by atoms with Crippen molar-refractivity contribution in [3.63, 3.8) is 0 Å². The van der Waals surface area contributed by atoms with Gasteiger partial charge in [0.15, 0.2) is 5.11 Å². The molecule has 2 aromatic carbocycles. The van der Waals surface area contributed by atoms with E-state index in [2.05, 4.69) is 39.0 Å². The van der Waals surface area contributed by atoms with Crippen molar-refractivity contribution < 1.29 is 14.3 Å². The number of hydrazine groups is 1. The number of halogens is 1. The van der Waals surface area contributed by atoms with E-state index in [1.54, 1.807) is 18.2 Å². The summed E-state index contributed by atoms with van der Waals surface area (Å²) in [7, 11) is 0. The first-order valence-electron chi connectivity index (χ1n) is 10.4. The molecule has 2 aromatic rings. The maximum atomic E-state index is 12.4. The number of carbonyl (C=O) groups excluding carboxylic acids is 2. The first-order valence-corrected chi connectivity index (χ1v) is 11.6. The molecule has 3 N–H and O–H groups in total. The zero-order valence-corrected chi connectivity index (χ0v) is 20.0. The van der Waals surface area contributed by atoms with Gasteiger partial charge < -0.3 is 4.74 Å². The van der Waals surface area contributed by atoms with Crippen LogP contribution in [-0.4, -0.2) is 23.5 Å². The van der Waals surface area contributed by atoms with E-state index >= 15 is 0 Å². The highest BCUT2D eigenvalue weighted by Crippen LogP contribution is 2.26. The quantitative estimate of drug-likeness (QED) is 0.248. The van der Waals surface area contributed by atoms with Crippen LogP contribution in [-0.2, 0) is 11.2 Å². The highest BCUT2D eigenvalue weighted by Gasteiger charge is 2.11. The van der Waals surface area contributed by atoms with Gasteiger partial charge in [0, 0.05) is 12.0 Å². The normalized spacial score (nSPS) is 10.3. The van der Waals surface area contributed by atoms with Crippen LogP contribution in [0.15, 0.2) is 53.0 Å². The predicted octanol–water partition coefficient (Wildman–Crippen LogP) is 4.68. The molecule has 0 aliphatic rings. The number of benzene rings is 2. The van der Waals surface area contributed by atoms with Crippen LogP contribution in [0.1, 0.15) is 54.9 Å². The fraction of sp³-hybridized carbons (Fsp3) is 0.348. The largest absolute Gasteiger partial charge is 0.492 e. The summed E-state index contributed by atoms with van der Waals surface area (Å²) >= 11 is 8.52. The zero-order valence-electron chi connectivity index (χ0n) is 17.6. The average Bonchev–Trinajstić information content (AvgIpc) is 2.77. The van der Waals surface area contributed by atoms with Crippen molar-refractivity contribution in [1.82, 2.24) is 16.2 Å². The van der Waals surface area contributed by atoms with Crippen LogP contribution in [0.25, 0.3) is 0 Å². The second kappa shape index (κ2) is 13.8. The Balaban J connectivity index is 1.73. The lowest BCUT2D eigenvalue weighted by Crippen LogP contribution is -2.48. The van der Waals surface area contributed by atoms with Gasteiger partial charge >= 0.3 is 0 Å². The second-order valence-electron chi connectivity index (χ2n) is 7.00. The molecule has 0 saturated carbocycles. The maximum Gasteiger partial charge on any atom is 0.257 e. The Labute approximate surface area is 197 Å². The van der Waals surface area contributed by atoms with E-state index in [1.165, 1.54) is 12.8 Å². The Kier molecular flexibility index (Phi) is 11.0. The fourth-order valence-electron chi connectivity index (χ4n) is 2.77. The SMILES string of the molecule is CCCCCCOc1ccc(C(=O)NC(=S)NNC(=O)CCc2ccccc2)cc1Br. The molecular weight excluding hydrogens is 478 g/mol. The van der Waals surface area contributed by atoms with Gasteiger partial charge in [-0.2, -0.15) is 0 Å². The molecule has 0 aromatic heterocycles. The second-order valence-corrected chi connectivity index (χ2v) is 8.26. The number of nitrogens with one attached hydrogen (secondary N) is 3. The van der Waals surface area contributed by atoms with Crippen molar-refractivity contribution in [2.45, 2.75) is 45.4 Å². The van der Waals surface area contributed by atoms with Gasteiger partial charge in [-0.3, -0.25) is 25.8 Å². The predicted molar refractivity (Wildman–Crippen MR) is 130 cm³/mol. The highest BCUT2D eigenvalue weighted by atomic mass is 79.9. The van der Waals surface area contributed by atoms with Gasteiger partial charge in [-0.1, -0.05) is 56.5 Å². The molecule has 0 radical (unpaired) electrons. The van der Waals surface area contributed by atoms with Gasteiger partial charge in [-0.25, -0.2) is 0 Å². The summed E-state index contributed by atoms with van der Waals surface area (Å²) in [4.78, 5) is 24.3. The Morgan fingerprint density at radius 2 is 1.81 bits per heavy atom. The molecule has 6 nitrogen and oxygen atoms in total. The number of thiocarbonyl (C=S) groups is 1. The molecule has 0 spiro atoms. The summed E-state index contributed by atoms with van der Waals surface area (Å²) in [5.41, 5.74) is 6.54. The number of hydrogen-bond donors (Lipinski definition) is 3. The van der Waals surface area contributed by atoms with E-state index in [4.69, 9.17) is 17.0 Å². The molecule has 2 rings (SSSR count). The first-order chi connectivity index (χ1) is 15.0. The van der Waals surface area contributed by atoms with Crippen LogP contribution in [0.5, 0.6) is 5.75 Å². The van der Waals surface area contributed by atoms with E-state index < -0.39 is 0 Å². The molecule has 0 bridgehead atoms. The smallest absolute Gasteiger partial charge is 0.257 e. The lowest BCUT2D eigenvalue weighted by molar-refractivity contribution is -0.121. The third-order valence-electron chi connectivity index (χ3n) is 4.48. The van der Waals surface area contributed by atoms with Crippen molar-refractivity contribution in [2.75, 3.05) is 6.61 Å². The van der Waals surface area contributed by atoms with Crippen LogP contribution in [0.2, 0.25) is 0 Å². The summed E-state index contributed by atoms with van der Waals surface area (Å²) in [5.74, 6) is 0.0919. The van der Waals surface area contributed by atoms with Gasteiger partial charge in [0.1, 0.15) is 5.75 Å². The van der Waals surface area contributed by atoms with Crippen LogP contribution < -0.4 is 20.9 Å². The van der Waals surface area contributed by atoms with Crippen molar-refractivity contribution in [3.05, 3.63) is 64.1 Å². The lowest BCUT2D eigenvalue weighted by Gasteiger charge is -2.12. The van der Waals surface area contributed by atoms with Gasteiger partial charge in [-0.15, -0.1) is 0 Å². The minimum Gasteiger partial charge on any atom is -0.492 e. The summed E-state index contributed by atoms with van der Waals surface area (Å²) in [6, 6.07) is 14.8. The van der Waals surface area contributed by atoms with Crippen LogP contribution in [0.4, 0.5) is 0 Å². The Bertz CT molecular complexity index is 878. The average molecular weight is 506 g/mol. The number of amides is 2. The molecule has 2 amide bonds. The maximum absolute atomic E-state index is 12.4. The molecular formula is C23H28BrN3O3S. The number of rotatable bonds is 10. The number of ether oxygens (including phenoxy) is 1. The molecule has 0 saturated heterocycles. The molecule has 31 heavy (non-hydrogen) atoms. The van der Waals surface area contributed by atoms with Gasteiger partial charge in [-0.05, 0) is 64.8 Å². The van der Waals surface area contributed by atoms with Crippen molar-refractivity contribution >= 4 is 45.1 Å². The summed E-state index contributed by atoms with van der Waals surface area (Å²) < 4.78 is 6.45. The van der Waals surface area contributed by atoms with Crippen LogP contribution >= 0.6 is 28.1 Å². The number of unbranched alkanes of at least 4 members (excludes halogenated alkanes) is 3. The molecule has 0 fully saturated rings. The lowest BCUT2D eigenvalue weighted by atomic mass is 10.1. The van der Waals surface area contributed by atoms with Gasteiger partial charge in [0.05, 0.1) is 11.1 Å². The fourth-order valence-corrected chi connectivity index (χ4v) is 3.41. The third-order valence-corrected chi connectivity index (χ3v) is 5.30. The van der Waals surface area contributed by atoms with E-state index in [-0.39, 0.29) is 16.9 Å². The number of carbonyl (C=O) groups is 2. The number of hydrogen-bond acceptors (Lipinski definition) is 4. The van der Waals surface area contributed by atoms with E-state index in [9.17, 15) is 9.59 Å². The molecule has 0 unspecified atom stereocenters. The van der Waals surface area contributed by atoms with E-state index in [0.29, 0.717) is 35.2 Å². The Hall–Kier alpha value is -2.45. The van der Waals surface area contributed by atoms with E-state index in [1.807, 2.05) is 30.3 Å². The Morgan fingerprint density at radius 3 is 2.52 bits per heavy atom. The molecule has 166 valence electrons. The topological polar surface area (TPSA) is 79.5 Å². The summed E-state index contributed by atoms with van der Waals surface area (Å²) in [6.45, 7) is 2.81. The summed E-state index contributed by atoms with van der Waals surface area (Å²) in [6.07, 6.45) is 5.45. The van der Waals surface area contributed by atoms with Crippen LogP contribution in [0, 0.1) is 0 Å². The van der Waals surface area contributed by atoms with Gasteiger partial charge in [0.2, 0.25) is 5.91 Å². The minimum absolute atomic E-state index is 0.0189. The third kappa shape index (κ3) is 9.48. The standard InChI is InChI=1S/C23H28BrN3O3S/c1-2-3-4-8-15-30-20-13-12-18(16-19(20)24)22(29)25-23(31)27-26-21(28)14-11-17-9-6-5-7-10-17/h5-7,9-10,12-13,16H,2-4,8,11,14-15H2,1H3,(H,26,28)(H2,25,27,29,31). The van der Waals surface area contributed by atoms with Crippen molar-refractivity contribution in [3.8, 4) is 5.75 Å².